The second-order valence-corrected chi connectivity index (χ2v) is 6.47. The minimum absolute atomic E-state index is 0.0658. The predicted molar refractivity (Wildman–Crippen MR) is 88.2 cm³/mol. The first kappa shape index (κ1) is 15.5. The van der Waals surface area contributed by atoms with Gasteiger partial charge in [0.05, 0.1) is 0 Å². The van der Waals surface area contributed by atoms with Gasteiger partial charge in [0.25, 0.3) is 0 Å². The van der Waals surface area contributed by atoms with Crippen molar-refractivity contribution in [2.24, 2.45) is 5.73 Å². The van der Waals surface area contributed by atoms with Crippen molar-refractivity contribution in [2.45, 2.75) is 32.5 Å². The first-order chi connectivity index (χ1) is 9.61. The van der Waals surface area contributed by atoms with Crippen LogP contribution in [0.4, 0.5) is 0 Å². The molecule has 0 saturated heterocycles. The van der Waals surface area contributed by atoms with Crippen LogP contribution in [0.1, 0.15) is 30.3 Å². The van der Waals surface area contributed by atoms with Gasteiger partial charge in [-0.1, -0.05) is 36.7 Å². The summed E-state index contributed by atoms with van der Waals surface area (Å²) in [5.41, 5.74) is 7.47. The minimum atomic E-state index is 0.0658. The lowest BCUT2D eigenvalue weighted by atomic mass is 9.99. The van der Waals surface area contributed by atoms with E-state index in [0.29, 0.717) is 0 Å². The first-order valence-electron chi connectivity index (χ1n) is 6.89. The van der Waals surface area contributed by atoms with Crippen LogP contribution in [0, 0.1) is 0 Å². The summed E-state index contributed by atoms with van der Waals surface area (Å²) in [5.74, 6) is 0. The van der Waals surface area contributed by atoms with Crippen LogP contribution < -0.4 is 5.73 Å². The Bertz CT molecular complexity index is 508. The summed E-state index contributed by atoms with van der Waals surface area (Å²) in [6.07, 6.45) is 0. The third-order valence-corrected chi connectivity index (χ3v) is 4.56. The van der Waals surface area contributed by atoms with E-state index in [0.717, 1.165) is 18.1 Å². The van der Waals surface area contributed by atoms with Gasteiger partial charge in [0.1, 0.15) is 0 Å². The molecule has 108 valence electrons. The van der Waals surface area contributed by atoms with Gasteiger partial charge in [0.15, 0.2) is 0 Å². The van der Waals surface area contributed by atoms with Crippen molar-refractivity contribution in [3.63, 3.8) is 0 Å². The average Bonchev–Trinajstić information content (AvgIpc) is 2.92. The molecule has 4 heteroatoms. The summed E-state index contributed by atoms with van der Waals surface area (Å²) in [6, 6.07) is 12.6. The monoisotopic (exact) mass is 308 g/mol. The van der Waals surface area contributed by atoms with Gasteiger partial charge >= 0.3 is 0 Å². The summed E-state index contributed by atoms with van der Waals surface area (Å²) in [7, 11) is 0. The Labute approximate surface area is 130 Å². The molecule has 0 spiro atoms. The third-order valence-electron chi connectivity index (χ3n) is 3.45. The number of rotatable bonds is 6. The topological polar surface area (TPSA) is 29.3 Å². The molecule has 20 heavy (non-hydrogen) atoms. The number of thiophene rings is 1. The fraction of sp³-hybridized carbons (Fsp3) is 0.375. The number of likely N-dealkylation sites (N-methyl/N-ethyl adjacent to an activating group) is 1. The van der Waals surface area contributed by atoms with Gasteiger partial charge in [-0.15, -0.1) is 11.3 Å². The van der Waals surface area contributed by atoms with Crippen LogP contribution in [0.3, 0.4) is 0 Å². The molecule has 0 aliphatic heterocycles. The Morgan fingerprint density at radius 2 is 1.95 bits per heavy atom. The van der Waals surface area contributed by atoms with E-state index < -0.39 is 0 Å². The van der Waals surface area contributed by atoms with Crippen molar-refractivity contribution in [3.8, 4) is 0 Å². The van der Waals surface area contributed by atoms with Crippen molar-refractivity contribution >= 4 is 22.9 Å². The summed E-state index contributed by atoms with van der Waals surface area (Å²) < 4.78 is 0. The zero-order valence-electron chi connectivity index (χ0n) is 11.9. The molecule has 0 aliphatic rings. The van der Waals surface area contributed by atoms with Gasteiger partial charge in [0.2, 0.25) is 0 Å². The molecule has 2 atom stereocenters. The lowest BCUT2D eigenvalue weighted by Crippen LogP contribution is -2.39. The number of nitrogens with zero attached hydrogens (tertiary/aromatic N) is 1. The van der Waals surface area contributed by atoms with E-state index in [1.807, 2.05) is 12.1 Å². The molecule has 1 aromatic heterocycles. The Hall–Kier alpha value is -0.870. The summed E-state index contributed by atoms with van der Waals surface area (Å²) in [5, 5.41) is 2.88. The van der Waals surface area contributed by atoms with Crippen LogP contribution in [0.15, 0.2) is 41.8 Å². The Morgan fingerprint density at radius 1 is 1.25 bits per heavy atom. The number of hydrogen-bond acceptors (Lipinski definition) is 3. The smallest absolute Gasteiger partial charge is 0.0500 e. The predicted octanol–water partition coefficient (Wildman–Crippen LogP) is 4.31. The third kappa shape index (κ3) is 3.83. The fourth-order valence-electron chi connectivity index (χ4n) is 2.52. The van der Waals surface area contributed by atoms with Crippen molar-refractivity contribution < 1.29 is 0 Å². The number of nitrogens with two attached hydrogens (primary N) is 1. The lowest BCUT2D eigenvalue weighted by Gasteiger charge is -2.33. The van der Waals surface area contributed by atoms with Crippen LogP contribution in [-0.2, 0) is 6.54 Å². The number of hydrogen-bond donors (Lipinski definition) is 1. The molecule has 0 saturated carbocycles. The highest BCUT2D eigenvalue weighted by atomic mass is 35.5. The van der Waals surface area contributed by atoms with E-state index in [9.17, 15) is 0 Å². The van der Waals surface area contributed by atoms with Gasteiger partial charge in [-0.2, -0.15) is 0 Å². The number of benzene rings is 1. The molecule has 0 aliphatic carbocycles. The van der Waals surface area contributed by atoms with E-state index in [2.05, 4.69) is 48.4 Å². The van der Waals surface area contributed by atoms with Gasteiger partial charge in [-0.05, 0) is 42.6 Å². The average molecular weight is 309 g/mol. The SMILES string of the molecule is CCN(Cc1cccs1)C(c1ccc(Cl)cc1)C(C)N. The Morgan fingerprint density at radius 3 is 2.45 bits per heavy atom. The minimum Gasteiger partial charge on any atom is -0.326 e. The number of halogens is 1. The molecular formula is C16H21ClN2S. The van der Waals surface area contributed by atoms with Crippen LogP contribution >= 0.6 is 22.9 Å². The van der Waals surface area contributed by atoms with E-state index in [-0.39, 0.29) is 12.1 Å². The lowest BCUT2D eigenvalue weighted by molar-refractivity contribution is 0.178. The molecule has 0 bridgehead atoms. The van der Waals surface area contributed by atoms with Crippen LogP contribution in [0.5, 0.6) is 0 Å². The molecule has 1 aromatic carbocycles. The first-order valence-corrected chi connectivity index (χ1v) is 8.15. The van der Waals surface area contributed by atoms with E-state index in [1.165, 1.54) is 10.4 Å². The van der Waals surface area contributed by atoms with Gasteiger partial charge < -0.3 is 5.73 Å². The molecule has 1 heterocycles. The second-order valence-electron chi connectivity index (χ2n) is 5.00. The maximum atomic E-state index is 6.24. The van der Waals surface area contributed by atoms with Crippen molar-refractivity contribution in [1.82, 2.24) is 4.90 Å². The Kier molecular flexibility index (Phi) is 5.61. The highest BCUT2D eigenvalue weighted by Gasteiger charge is 2.23. The zero-order chi connectivity index (χ0) is 14.5. The fourth-order valence-corrected chi connectivity index (χ4v) is 3.37. The molecule has 2 rings (SSSR count). The maximum Gasteiger partial charge on any atom is 0.0500 e. The van der Waals surface area contributed by atoms with Crippen molar-refractivity contribution in [3.05, 3.63) is 57.2 Å². The van der Waals surface area contributed by atoms with Crippen LogP contribution in [-0.4, -0.2) is 17.5 Å². The maximum absolute atomic E-state index is 6.24. The van der Waals surface area contributed by atoms with Crippen molar-refractivity contribution in [1.29, 1.82) is 0 Å². The summed E-state index contributed by atoms with van der Waals surface area (Å²) >= 11 is 7.77. The normalized spacial score (nSPS) is 14.4. The van der Waals surface area contributed by atoms with Crippen LogP contribution in [0.25, 0.3) is 0 Å². The molecule has 0 radical (unpaired) electrons. The highest BCUT2D eigenvalue weighted by molar-refractivity contribution is 7.09. The highest BCUT2D eigenvalue weighted by Crippen LogP contribution is 2.27. The van der Waals surface area contributed by atoms with Gasteiger partial charge in [-0.3, -0.25) is 4.90 Å². The molecular weight excluding hydrogens is 288 g/mol. The molecule has 0 amide bonds. The molecule has 0 fully saturated rings. The van der Waals surface area contributed by atoms with E-state index >= 15 is 0 Å². The van der Waals surface area contributed by atoms with Gasteiger partial charge in [-0.25, -0.2) is 0 Å². The Balaban J connectivity index is 2.23. The quantitative estimate of drug-likeness (QED) is 0.861. The summed E-state index contributed by atoms with van der Waals surface area (Å²) in [6.45, 7) is 6.14. The largest absolute Gasteiger partial charge is 0.326 e. The van der Waals surface area contributed by atoms with E-state index in [4.69, 9.17) is 17.3 Å². The van der Waals surface area contributed by atoms with Gasteiger partial charge in [0, 0.05) is 28.5 Å². The molecule has 2 unspecified atom stereocenters. The second kappa shape index (κ2) is 7.23. The zero-order valence-corrected chi connectivity index (χ0v) is 13.5. The van der Waals surface area contributed by atoms with Crippen LogP contribution in [0.2, 0.25) is 5.02 Å². The standard InChI is InChI=1S/C16H21ClN2S/c1-3-19(11-15-5-4-10-20-15)16(12(2)18)13-6-8-14(17)9-7-13/h4-10,12,16H,3,11,18H2,1-2H3. The molecule has 2 N–H and O–H groups in total. The molecule has 2 aromatic rings. The summed E-state index contributed by atoms with van der Waals surface area (Å²) in [4.78, 5) is 3.78. The van der Waals surface area contributed by atoms with Crippen molar-refractivity contribution in [2.75, 3.05) is 6.54 Å². The molecule has 2 nitrogen and oxygen atoms in total. The van der Waals surface area contributed by atoms with E-state index in [1.54, 1.807) is 11.3 Å².